The fourth-order valence-electron chi connectivity index (χ4n) is 3.21. The highest BCUT2D eigenvalue weighted by Crippen LogP contribution is 2.17. The molecule has 0 saturated carbocycles. The number of nitrogens with one attached hydrogen (secondary N) is 1. The van der Waals surface area contributed by atoms with Crippen LogP contribution in [-0.2, 0) is 27.7 Å². The molecule has 32 heavy (non-hydrogen) atoms. The summed E-state index contributed by atoms with van der Waals surface area (Å²) in [7, 11) is -3.44. The van der Waals surface area contributed by atoms with Crippen LogP contribution >= 0.6 is 11.3 Å². The summed E-state index contributed by atoms with van der Waals surface area (Å²) < 4.78 is 31.7. The van der Waals surface area contributed by atoms with Gasteiger partial charge in [0, 0.05) is 24.0 Å². The van der Waals surface area contributed by atoms with E-state index in [0.29, 0.717) is 13.0 Å². The summed E-state index contributed by atoms with van der Waals surface area (Å²) in [5.41, 5.74) is 0.640. The van der Waals surface area contributed by atoms with Gasteiger partial charge in [0.1, 0.15) is 5.60 Å². The van der Waals surface area contributed by atoms with E-state index in [-0.39, 0.29) is 12.6 Å². The van der Waals surface area contributed by atoms with Gasteiger partial charge in [0.15, 0.2) is 0 Å². The number of carbonyl (C=O) groups is 1. The molecule has 0 spiro atoms. The summed E-state index contributed by atoms with van der Waals surface area (Å²) in [5, 5.41) is 4.81. The van der Waals surface area contributed by atoms with E-state index in [4.69, 9.17) is 4.74 Å². The van der Waals surface area contributed by atoms with Gasteiger partial charge in [-0.3, -0.25) is 0 Å². The minimum absolute atomic E-state index is 0.203. The maximum Gasteiger partial charge on any atom is 0.407 e. The molecule has 0 bridgehead atoms. The van der Waals surface area contributed by atoms with E-state index in [0.717, 1.165) is 24.1 Å². The molecule has 177 valence electrons. The zero-order valence-corrected chi connectivity index (χ0v) is 21.0. The number of amides is 1. The van der Waals surface area contributed by atoms with Crippen LogP contribution in [0.5, 0.6) is 0 Å². The maximum atomic E-state index is 12.4. The third kappa shape index (κ3) is 10.6. The normalized spacial score (nSPS) is 13.2. The van der Waals surface area contributed by atoms with Crippen molar-refractivity contribution < 1.29 is 17.9 Å². The van der Waals surface area contributed by atoms with Crippen molar-refractivity contribution in [3.05, 3.63) is 64.7 Å². The Morgan fingerprint density at radius 3 is 2.50 bits per heavy atom. The van der Waals surface area contributed by atoms with Crippen molar-refractivity contribution in [2.75, 3.05) is 12.8 Å². The minimum atomic E-state index is -3.44. The lowest BCUT2D eigenvalue weighted by atomic mass is 10.0. The van der Waals surface area contributed by atoms with Crippen molar-refractivity contribution in [3.63, 3.8) is 0 Å². The molecule has 8 heteroatoms. The standard InChI is InChI=1S/C24H35N2O4S2/c1-24(2,3)30-23(27)25-21(15-10-6-9-14-20-12-7-5-8-13-20)18-26(32(4,28)29)19-22-16-11-17-31-22/h5,7-9,11-13,16-17,21H,6,10,14-15,18-19H2,1-4H3,(H,25,27)/t21-/m0/s1. The second-order valence-electron chi connectivity index (χ2n) is 8.89. The Kier molecular flexibility index (Phi) is 10.2. The molecule has 2 rings (SSSR count). The first kappa shape index (κ1) is 26.4. The molecule has 0 aliphatic carbocycles. The van der Waals surface area contributed by atoms with Gasteiger partial charge in [-0.1, -0.05) is 42.8 Å². The van der Waals surface area contributed by atoms with Crippen LogP contribution in [-0.4, -0.2) is 43.3 Å². The Balaban J connectivity index is 1.97. The van der Waals surface area contributed by atoms with E-state index in [1.165, 1.54) is 27.5 Å². The van der Waals surface area contributed by atoms with Gasteiger partial charge >= 0.3 is 6.09 Å². The van der Waals surface area contributed by atoms with Gasteiger partial charge in [0.05, 0.1) is 6.26 Å². The molecule has 1 amide bonds. The van der Waals surface area contributed by atoms with E-state index in [9.17, 15) is 13.2 Å². The molecule has 0 aliphatic heterocycles. The number of hydrogen-bond donors (Lipinski definition) is 1. The summed E-state index contributed by atoms with van der Waals surface area (Å²) in [6.45, 7) is 5.91. The van der Waals surface area contributed by atoms with Crippen molar-refractivity contribution in [2.45, 2.75) is 64.6 Å². The SMILES string of the molecule is CC(C)(C)OC(=O)N[C@@H](CCC[CH]Cc1ccccc1)CN(Cc1cccs1)S(C)(=O)=O. The van der Waals surface area contributed by atoms with E-state index >= 15 is 0 Å². The molecule has 0 aliphatic rings. The minimum Gasteiger partial charge on any atom is -0.444 e. The van der Waals surface area contributed by atoms with Gasteiger partial charge < -0.3 is 10.1 Å². The average molecular weight is 480 g/mol. The van der Waals surface area contributed by atoms with Gasteiger partial charge in [0.25, 0.3) is 0 Å². The second kappa shape index (κ2) is 12.4. The lowest BCUT2D eigenvalue weighted by Crippen LogP contribution is -2.46. The molecule has 0 fully saturated rings. The molecule has 0 saturated heterocycles. The molecule has 1 atom stereocenters. The number of benzene rings is 1. The molecular formula is C24H35N2O4S2. The first-order valence-corrected chi connectivity index (χ1v) is 13.6. The Morgan fingerprint density at radius 2 is 1.91 bits per heavy atom. The quantitative estimate of drug-likeness (QED) is 0.434. The molecule has 1 aromatic carbocycles. The molecule has 1 heterocycles. The van der Waals surface area contributed by atoms with Gasteiger partial charge in [0.2, 0.25) is 10.0 Å². The van der Waals surface area contributed by atoms with Crippen LogP contribution in [0.1, 0.15) is 50.5 Å². The third-order valence-electron chi connectivity index (χ3n) is 4.71. The van der Waals surface area contributed by atoms with Crippen LogP contribution in [0, 0.1) is 6.42 Å². The smallest absolute Gasteiger partial charge is 0.407 e. The van der Waals surface area contributed by atoms with E-state index in [1.54, 1.807) is 20.8 Å². The predicted molar refractivity (Wildman–Crippen MR) is 131 cm³/mol. The van der Waals surface area contributed by atoms with Crippen molar-refractivity contribution in [3.8, 4) is 0 Å². The fraction of sp³-hybridized carbons (Fsp3) is 0.500. The van der Waals surface area contributed by atoms with Crippen molar-refractivity contribution >= 4 is 27.5 Å². The number of hydrogen-bond acceptors (Lipinski definition) is 5. The van der Waals surface area contributed by atoms with Crippen LogP contribution in [0.15, 0.2) is 47.8 Å². The number of carbonyl (C=O) groups excluding carboxylic acids is 1. The first-order valence-electron chi connectivity index (χ1n) is 10.9. The molecule has 1 N–H and O–H groups in total. The van der Waals surface area contributed by atoms with Crippen LogP contribution in [0.2, 0.25) is 0 Å². The lowest BCUT2D eigenvalue weighted by Gasteiger charge is -2.28. The molecule has 2 aromatic rings. The average Bonchev–Trinajstić information content (AvgIpc) is 3.19. The summed E-state index contributed by atoms with van der Waals surface area (Å²) in [6.07, 6.45) is 6.16. The Bertz CT molecular complexity index is 907. The monoisotopic (exact) mass is 479 g/mol. The number of sulfonamides is 1. The lowest BCUT2D eigenvalue weighted by molar-refractivity contribution is 0.0495. The van der Waals surface area contributed by atoms with Crippen LogP contribution in [0.4, 0.5) is 4.79 Å². The van der Waals surface area contributed by atoms with E-state index in [2.05, 4.69) is 23.9 Å². The summed E-state index contributed by atoms with van der Waals surface area (Å²) in [6, 6.07) is 13.7. The van der Waals surface area contributed by atoms with E-state index in [1.807, 2.05) is 35.7 Å². The summed E-state index contributed by atoms with van der Waals surface area (Å²) in [5.74, 6) is 0. The zero-order chi connectivity index (χ0) is 23.6. The van der Waals surface area contributed by atoms with Gasteiger partial charge in [-0.25, -0.2) is 13.2 Å². The highest BCUT2D eigenvalue weighted by Gasteiger charge is 2.25. The van der Waals surface area contributed by atoms with Crippen LogP contribution in [0.25, 0.3) is 0 Å². The predicted octanol–water partition coefficient (Wildman–Crippen LogP) is 5.02. The van der Waals surface area contributed by atoms with Crippen molar-refractivity contribution in [1.29, 1.82) is 0 Å². The Morgan fingerprint density at radius 1 is 1.19 bits per heavy atom. The second-order valence-corrected chi connectivity index (χ2v) is 11.9. The Hall–Kier alpha value is -1.90. The molecule has 1 aromatic heterocycles. The highest BCUT2D eigenvalue weighted by molar-refractivity contribution is 7.88. The van der Waals surface area contributed by atoms with Gasteiger partial charge in [-0.05, 0) is 63.5 Å². The van der Waals surface area contributed by atoms with Gasteiger partial charge in [-0.2, -0.15) is 4.31 Å². The number of ether oxygens (including phenoxy) is 1. The van der Waals surface area contributed by atoms with Crippen LogP contribution < -0.4 is 5.32 Å². The topological polar surface area (TPSA) is 75.7 Å². The van der Waals surface area contributed by atoms with Crippen molar-refractivity contribution in [1.82, 2.24) is 9.62 Å². The van der Waals surface area contributed by atoms with Crippen molar-refractivity contribution in [2.24, 2.45) is 0 Å². The number of rotatable bonds is 12. The number of thiophene rings is 1. The van der Waals surface area contributed by atoms with Crippen LogP contribution in [0.3, 0.4) is 0 Å². The third-order valence-corrected chi connectivity index (χ3v) is 6.79. The summed E-state index contributed by atoms with van der Waals surface area (Å²) >= 11 is 1.52. The first-order chi connectivity index (χ1) is 15.0. The fourth-order valence-corrected chi connectivity index (χ4v) is 4.84. The molecule has 1 radical (unpaired) electrons. The zero-order valence-electron chi connectivity index (χ0n) is 19.4. The maximum absolute atomic E-state index is 12.4. The Labute approximate surface area is 197 Å². The molecule has 6 nitrogen and oxygen atoms in total. The van der Waals surface area contributed by atoms with Gasteiger partial charge in [-0.15, -0.1) is 11.3 Å². The number of nitrogens with zero attached hydrogens (tertiary/aromatic N) is 1. The highest BCUT2D eigenvalue weighted by atomic mass is 32.2. The number of alkyl carbamates (subject to hydrolysis) is 1. The van der Waals surface area contributed by atoms with E-state index < -0.39 is 21.7 Å². The summed E-state index contributed by atoms with van der Waals surface area (Å²) in [4.78, 5) is 13.3. The molecular weight excluding hydrogens is 444 g/mol. The number of unbranched alkanes of at least 4 members (excludes halogenated alkanes) is 2. The molecule has 0 unspecified atom stereocenters. The largest absolute Gasteiger partial charge is 0.444 e.